The Morgan fingerprint density at radius 1 is 1.24 bits per heavy atom. The van der Waals surface area contributed by atoms with Crippen molar-refractivity contribution in [3.05, 3.63) is 57.8 Å². The molecule has 1 aromatic carbocycles. The highest BCUT2D eigenvalue weighted by Crippen LogP contribution is 2.30. The number of hydrogen-bond acceptors (Lipinski definition) is 5. The standard InChI is InChI=1S/C22H27N5OS/c1-15-6-7-20(27-23-10-11-24-27)18(13-15)22(28)26-12-4-5-16(2)19(26)8-9-21-25-17(3)14-29-21/h6-7,10-11,13-14,16,19H,4-5,8-9,12H2,1-3H3/t16-,19-/m1/s1. The van der Waals surface area contributed by atoms with Crippen LogP contribution in [0.3, 0.4) is 0 Å². The van der Waals surface area contributed by atoms with Crippen molar-refractivity contribution in [3.8, 4) is 5.69 Å². The number of likely N-dealkylation sites (tertiary alicyclic amines) is 1. The Bertz CT molecular complexity index is 981. The van der Waals surface area contributed by atoms with Gasteiger partial charge in [0.05, 0.1) is 28.7 Å². The summed E-state index contributed by atoms with van der Waals surface area (Å²) in [6.45, 7) is 7.11. The minimum atomic E-state index is 0.0767. The van der Waals surface area contributed by atoms with Crippen LogP contribution in [0.25, 0.3) is 5.69 Å². The fraction of sp³-hybridized carbons (Fsp3) is 0.455. The second-order valence-corrected chi connectivity index (χ2v) is 8.89. The quantitative estimate of drug-likeness (QED) is 0.633. The maximum absolute atomic E-state index is 13.7. The summed E-state index contributed by atoms with van der Waals surface area (Å²) in [4.78, 5) is 21.9. The highest BCUT2D eigenvalue weighted by atomic mass is 32.1. The summed E-state index contributed by atoms with van der Waals surface area (Å²) in [5, 5.41) is 11.7. The first kappa shape index (κ1) is 19.8. The molecule has 1 amide bonds. The van der Waals surface area contributed by atoms with Crippen molar-refractivity contribution in [2.24, 2.45) is 5.92 Å². The lowest BCUT2D eigenvalue weighted by molar-refractivity contribution is 0.0499. The molecule has 1 saturated heterocycles. The summed E-state index contributed by atoms with van der Waals surface area (Å²) in [6, 6.07) is 6.11. The second-order valence-electron chi connectivity index (χ2n) is 7.95. The third-order valence-corrected chi connectivity index (χ3v) is 6.74. The molecule has 0 bridgehead atoms. The molecule has 1 fully saturated rings. The van der Waals surface area contributed by atoms with Gasteiger partial charge in [-0.1, -0.05) is 18.6 Å². The molecule has 0 aliphatic carbocycles. The molecule has 0 spiro atoms. The van der Waals surface area contributed by atoms with Crippen LogP contribution in [0.4, 0.5) is 0 Å². The predicted molar refractivity (Wildman–Crippen MR) is 114 cm³/mol. The van der Waals surface area contributed by atoms with Gasteiger partial charge in [0, 0.05) is 30.1 Å². The van der Waals surface area contributed by atoms with Crippen LogP contribution in [-0.2, 0) is 6.42 Å². The van der Waals surface area contributed by atoms with Gasteiger partial charge < -0.3 is 4.90 Å². The van der Waals surface area contributed by atoms with Gasteiger partial charge in [-0.2, -0.15) is 15.0 Å². The Hall–Kier alpha value is -2.54. The maximum atomic E-state index is 13.7. The smallest absolute Gasteiger partial charge is 0.256 e. The highest BCUT2D eigenvalue weighted by molar-refractivity contribution is 7.09. The minimum Gasteiger partial charge on any atom is -0.335 e. The lowest BCUT2D eigenvalue weighted by Crippen LogP contribution is -2.48. The third-order valence-electron chi connectivity index (χ3n) is 5.71. The van der Waals surface area contributed by atoms with Gasteiger partial charge in [0.2, 0.25) is 0 Å². The molecule has 3 aromatic rings. The molecule has 152 valence electrons. The van der Waals surface area contributed by atoms with E-state index in [4.69, 9.17) is 0 Å². The zero-order chi connectivity index (χ0) is 20.4. The Balaban J connectivity index is 1.61. The van der Waals surface area contributed by atoms with E-state index < -0.39 is 0 Å². The molecule has 29 heavy (non-hydrogen) atoms. The summed E-state index contributed by atoms with van der Waals surface area (Å²) in [5.41, 5.74) is 3.54. The number of carbonyl (C=O) groups excluding carboxylic acids is 1. The maximum Gasteiger partial charge on any atom is 0.256 e. The van der Waals surface area contributed by atoms with E-state index in [9.17, 15) is 4.79 Å². The Morgan fingerprint density at radius 2 is 2.03 bits per heavy atom. The lowest BCUT2D eigenvalue weighted by Gasteiger charge is -2.40. The van der Waals surface area contributed by atoms with E-state index in [1.165, 1.54) is 4.80 Å². The van der Waals surface area contributed by atoms with Crippen molar-refractivity contribution in [2.45, 2.75) is 52.5 Å². The monoisotopic (exact) mass is 409 g/mol. The molecule has 6 nitrogen and oxygen atoms in total. The van der Waals surface area contributed by atoms with Gasteiger partial charge >= 0.3 is 0 Å². The molecule has 2 aromatic heterocycles. The van der Waals surface area contributed by atoms with Crippen molar-refractivity contribution >= 4 is 17.2 Å². The van der Waals surface area contributed by atoms with E-state index in [-0.39, 0.29) is 11.9 Å². The van der Waals surface area contributed by atoms with Gasteiger partial charge in [-0.3, -0.25) is 4.79 Å². The zero-order valence-corrected chi connectivity index (χ0v) is 18.0. The normalized spacial score (nSPS) is 19.5. The van der Waals surface area contributed by atoms with Gasteiger partial charge in [-0.15, -0.1) is 11.3 Å². The Kier molecular flexibility index (Phi) is 5.76. The summed E-state index contributed by atoms with van der Waals surface area (Å²) >= 11 is 1.71. The van der Waals surface area contributed by atoms with Gasteiger partial charge in [0.25, 0.3) is 5.91 Å². The first-order chi connectivity index (χ1) is 14.0. The average Bonchev–Trinajstić information content (AvgIpc) is 3.38. The molecular formula is C22H27N5OS. The number of hydrogen-bond donors (Lipinski definition) is 0. The molecular weight excluding hydrogens is 382 g/mol. The first-order valence-corrected chi connectivity index (χ1v) is 11.1. The van der Waals surface area contributed by atoms with Gasteiger partial charge in [-0.05, 0) is 51.2 Å². The fourth-order valence-corrected chi connectivity index (χ4v) is 5.01. The molecule has 1 aliphatic heterocycles. The minimum absolute atomic E-state index is 0.0767. The topological polar surface area (TPSA) is 63.9 Å². The van der Waals surface area contributed by atoms with Crippen molar-refractivity contribution in [3.63, 3.8) is 0 Å². The van der Waals surface area contributed by atoms with E-state index in [2.05, 4.69) is 32.4 Å². The molecule has 0 N–H and O–H groups in total. The summed E-state index contributed by atoms with van der Waals surface area (Å²) in [7, 11) is 0. The number of nitrogens with zero attached hydrogens (tertiary/aromatic N) is 5. The molecule has 0 unspecified atom stereocenters. The number of aromatic nitrogens is 4. The van der Waals surface area contributed by atoms with Crippen molar-refractivity contribution in [1.29, 1.82) is 0 Å². The van der Waals surface area contributed by atoms with Crippen LogP contribution in [0.5, 0.6) is 0 Å². The van der Waals surface area contributed by atoms with E-state index in [1.54, 1.807) is 23.7 Å². The molecule has 7 heteroatoms. The lowest BCUT2D eigenvalue weighted by atomic mass is 9.87. The molecule has 4 rings (SSSR count). The second kappa shape index (κ2) is 8.45. The van der Waals surface area contributed by atoms with Crippen LogP contribution in [0.1, 0.15) is 52.8 Å². The molecule has 3 heterocycles. The van der Waals surface area contributed by atoms with Crippen LogP contribution >= 0.6 is 11.3 Å². The van der Waals surface area contributed by atoms with Crippen molar-refractivity contribution in [2.75, 3.05) is 6.54 Å². The van der Waals surface area contributed by atoms with Gasteiger partial charge in [-0.25, -0.2) is 4.98 Å². The van der Waals surface area contributed by atoms with Crippen LogP contribution in [0.15, 0.2) is 36.0 Å². The van der Waals surface area contributed by atoms with Crippen molar-refractivity contribution in [1.82, 2.24) is 24.9 Å². The fourth-order valence-electron chi connectivity index (χ4n) is 4.22. The van der Waals surface area contributed by atoms with Crippen LogP contribution in [0, 0.1) is 19.8 Å². The third kappa shape index (κ3) is 4.24. The molecule has 0 saturated carbocycles. The Labute approximate surface area is 175 Å². The number of aryl methyl sites for hydroxylation is 3. The van der Waals surface area contributed by atoms with E-state index in [0.29, 0.717) is 11.5 Å². The SMILES string of the molecule is Cc1ccc(-n2nccn2)c(C(=O)N2CCC[C@@H](C)[C@H]2CCc2nc(C)cs2)c1. The van der Waals surface area contributed by atoms with E-state index in [1.807, 2.05) is 32.0 Å². The molecule has 2 atom stereocenters. The van der Waals surface area contributed by atoms with Gasteiger partial charge in [0.15, 0.2) is 0 Å². The number of piperidine rings is 1. The summed E-state index contributed by atoms with van der Waals surface area (Å²) < 4.78 is 0. The highest BCUT2D eigenvalue weighted by Gasteiger charge is 2.33. The number of thiazole rings is 1. The summed E-state index contributed by atoms with van der Waals surface area (Å²) in [6.07, 6.45) is 7.33. The largest absolute Gasteiger partial charge is 0.335 e. The van der Waals surface area contributed by atoms with E-state index in [0.717, 1.165) is 54.2 Å². The summed E-state index contributed by atoms with van der Waals surface area (Å²) in [5.74, 6) is 0.553. The Morgan fingerprint density at radius 3 is 2.76 bits per heavy atom. The number of rotatable bonds is 5. The number of amides is 1. The average molecular weight is 410 g/mol. The van der Waals surface area contributed by atoms with Crippen LogP contribution < -0.4 is 0 Å². The van der Waals surface area contributed by atoms with Crippen LogP contribution in [0.2, 0.25) is 0 Å². The zero-order valence-electron chi connectivity index (χ0n) is 17.2. The van der Waals surface area contributed by atoms with Gasteiger partial charge in [0.1, 0.15) is 0 Å². The number of benzene rings is 1. The van der Waals surface area contributed by atoms with Crippen molar-refractivity contribution < 1.29 is 4.79 Å². The number of carbonyl (C=O) groups is 1. The predicted octanol–water partition coefficient (Wildman–Crippen LogP) is 4.21. The molecule has 1 aliphatic rings. The van der Waals surface area contributed by atoms with E-state index >= 15 is 0 Å². The first-order valence-electron chi connectivity index (χ1n) is 10.2. The van der Waals surface area contributed by atoms with Crippen LogP contribution in [-0.4, -0.2) is 43.4 Å². The molecule has 0 radical (unpaired) electrons.